The third-order valence-electron chi connectivity index (χ3n) is 8.39. The average molecular weight is 770 g/mol. The van der Waals surface area contributed by atoms with Crippen LogP contribution < -0.4 is 4.74 Å². The Hall–Kier alpha value is -4.42. The van der Waals surface area contributed by atoms with Gasteiger partial charge in [-0.2, -0.15) is 0 Å². The van der Waals surface area contributed by atoms with Crippen molar-refractivity contribution in [1.29, 1.82) is 0 Å². The summed E-state index contributed by atoms with van der Waals surface area (Å²) in [4.78, 5) is 71.2. The van der Waals surface area contributed by atoms with Gasteiger partial charge in [-0.05, 0) is 43.0 Å². The third-order valence-corrected chi connectivity index (χ3v) is 9.38. The van der Waals surface area contributed by atoms with Crippen LogP contribution in [-0.2, 0) is 43.0 Å². The van der Waals surface area contributed by atoms with Crippen molar-refractivity contribution in [2.24, 2.45) is 0 Å². The number of nitrogens with zero attached hydrogens (tertiary/aromatic N) is 3. The summed E-state index contributed by atoms with van der Waals surface area (Å²) in [6.45, 7) is -1.76. The Balaban J connectivity index is 2.23. The maximum absolute atomic E-state index is 13.1. The van der Waals surface area contributed by atoms with Crippen LogP contribution >= 0.6 is 7.82 Å². The molecule has 0 spiro atoms. The lowest BCUT2D eigenvalue weighted by molar-refractivity contribution is -0.145. The first-order valence-corrected chi connectivity index (χ1v) is 17.9. The molecule has 0 radical (unpaired) electrons. The van der Waals surface area contributed by atoms with Crippen molar-refractivity contribution in [3.05, 3.63) is 65.2 Å². The predicted molar refractivity (Wildman–Crippen MR) is 188 cm³/mol. The zero-order valence-corrected chi connectivity index (χ0v) is 30.7. The Bertz CT molecular complexity index is 1540. The van der Waals surface area contributed by atoms with E-state index in [0.717, 1.165) is 26.5 Å². The summed E-state index contributed by atoms with van der Waals surface area (Å²) in [6.07, 6.45) is 0.758. The van der Waals surface area contributed by atoms with Gasteiger partial charge in [-0.15, -0.1) is 0 Å². The van der Waals surface area contributed by atoms with Crippen LogP contribution in [0.5, 0.6) is 5.75 Å². The molecule has 2 aromatic carbocycles. The number of carboxylic acids is 5. The number of hydrogen-bond acceptors (Lipinski definition) is 12. The van der Waals surface area contributed by atoms with Crippen molar-refractivity contribution in [1.82, 2.24) is 14.7 Å². The van der Waals surface area contributed by atoms with Crippen LogP contribution in [-0.4, -0.2) is 154 Å². The summed E-state index contributed by atoms with van der Waals surface area (Å²) < 4.78 is 28.8. The summed E-state index contributed by atoms with van der Waals surface area (Å²) in [5, 5.41) is 46.8. The largest absolute Gasteiger partial charge is 0.497 e. The first kappa shape index (κ1) is 44.7. The lowest BCUT2D eigenvalue weighted by Gasteiger charge is -2.34. The Kier molecular flexibility index (Phi) is 18.0. The molecule has 0 saturated heterocycles. The molecule has 0 aliphatic rings. The highest BCUT2D eigenvalue weighted by Gasteiger charge is 2.32. The molecule has 6 N–H and O–H groups in total. The van der Waals surface area contributed by atoms with Gasteiger partial charge in [0.05, 0.1) is 53.0 Å². The van der Waals surface area contributed by atoms with E-state index in [4.69, 9.17) is 24.0 Å². The van der Waals surface area contributed by atoms with Crippen molar-refractivity contribution in [2.75, 3.05) is 72.7 Å². The van der Waals surface area contributed by atoms with E-state index in [0.29, 0.717) is 12.2 Å². The molecule has 3 atom stereocenters. The van der Waals surface area contributed by atoms with Crippen LogP contribution in [0.1, 0.15) is 36.5 Å². The first-order valence-electron chi connectivity index (χ1n) is 16.4. The van der Waals surface area contributed by atoms with Gasteiger partial charge in [0.25, 0.3) is 0 Å². The van der Waals surface area contributed by atoms with Gasteiger partial charge in [-0.3, -0.25) is 47.7 Å². The molecule has 0 amide bonds. The topological polar surface area (TPSA) is 261 Å². The van der Waals surface area contributed by atoms with E-state index in [1.54, 1.807) is 7.11 Å². The van der Waals surface area contributed by atoms with E-state index in [1.807, 2.05) is 62.4 Å². The zero-order valence-electron chi connectivity index (χ0n) is 29.8. The molecule has 53 heavy (non-hydrogen) atoms. The smallest absolute Gasteiger partial charge is 0.472 e. The van der Waals surface area contributed by atoms with Crippen molar-refractivity contribution >= 4 is 37.7 Å². The zero-order chi connectivity index (χ0) is 39.8. The highest BCUT2D eigenvalue weighted by molar-refractivity contribution is 7.47. The van der Waals surface area contributed by atoms with Gasteiger partial charge in [0.15, 0.2) is 0 Å². The maximum Gasteiger partial charge on any atom is 0.472 e. The normalized spacial score (nSPS) is 14.4. The Labute approximate surface area is 306 Å². The summed E-state index contributed by atoms with van der Waals surface area (Å²) in [7, 11) is -3.28. The molecular weight excluding hydrogens is 721 g/mol. The number of hydrogen-bond donors (Lipinski definition) is 6. The minimum absolute atomic E-state index is 0.238. The Morgan fingerprint density at radius 2 is 1.17 bits per heavy atom. The second kappa shape index (κ2) is 21.3. The quantitative estimate of drug-likeness (QED) is 0.0560. The molecule has 294 valence electrons. The van der Waals surface area contributed by atoms with Gasteiger partial charge in [0.1, 0.15) is 5.75 Å². The fourth-order valence-corrected chi connectivity index (χ4v) is 6.49. The summed E-state index contributed by atoms with van der Waals surface area (Å²) in [6, 6.07) is 14.2. The molecule has 2 aromatic rings. The van der Waals surface area contributed by atoms with Crippen molar-refractivity contribution in [3.63, 3.8) is 0 Å². The van der Waals surface area contributed by atoms with Crippen LogP contribution in [0.4, 0.5) is 0 Å². The van der Waals surface area contributed by atoms with Gasteiger partial charge < -0.3 is 35.2 Å². The van der Waals surface area contributed by atoms with Crippen LogP contribution in [0.25, 0.3) is 0 Å². The van der Waals surface area contributed by atoms with Gasteiger partial charge >= 0.3 is 37.7 Å². The number of aliphatic carboxylic acids is 5. The molecule has 18 nitrogen and oxygen atoms in total. The molecule has 0 aromatic heterocycles. The molecule has 0 heterocycles. The summed E-state index contributed by atoms with van der Waals surface area (Å²) in [5.74, 6) is -6.26. The first-order chi connectivity index (χ1) is 24.8. The lowest BCUT2D eigenvalue weighted by Crippen LogP contribution is -2.52. The molecule has 19 heteroatoms. The van der Waals surface area contributed by atoms with Crippen LogP contribution in [0.15, 0.2) is 48.5 Å². The van der Waals surface area contributed by atoms with E-state index in [9.17, 15) is 48.8 Å². The SMILES string of the molecule is COc1ccc(C(C)(CCCOP(=O)(O)OCC(CN(CCN(CC(=O)O)CC(=O)O)CC(=O)O)N(CC(=O)O)CC(=O)O)c2ccc(C)cc2)cc1. The van der Waals surface area contributed by atoms with Gasteiger partial charge in [0.2, 0.25) is 0 Å². The fourth-order valence-electron chi connectivity index (χ4n) is 5.70. The summed E-state index contributed by atoms with van der Waals surface area (Å²) in [5.41, 5.74) is 2.49. The highest BCUT2D eigenvalue weighted by atomic mass is 31.2. The molecule has 0 aliphatic carbocycles. The monoisotopic (exact) mass is 769 g/mol. The number of carbonyl (C=O) groups is 5. The van der Waals surface area contributed by atoms with Crippen molar-refractivity contribution in [3.8, 4) is 5.75 Å². The van der Waals surface area contributed by atoms with Gasteiger partial charge in [-0.1, -0.05) is 48.9 Å². The van der Waals surface area contributed by atoms with Crippen LogP contribution in [0.3, 0.4) is 0 Å². The number of ether oxygens (including phenoxy) is 1. The van der Waals surface area contributed by atoms with Crippen molar-refractivity contribution < 1.29 is 72.7 Å². The molecule has 0 aliphatic heterocycles. The molecule has 2 rings (SSSR count). The van der Waals surface area contributed by atoms with Crippen LogP contribution in [0, 0.1) is 6.92 Å². The number of phosphoric ester groups is 1. The second-order valence-corrected chi connectivity index (χ2v) is 14.1. The number of methoxy groups -OCH3 is 1. The van der Waals surface area contributed by atoms with Crippen molar-refractivity contribution in [2.45, 2.75) is 38.1 Å². The molecule has 3 unspecified atom stereocenters. The third kappa shape index (κ3) is 16.4. The average Bonchev–Trinajstić information content (AvgIpc) is 3.06. The predicted octanol–water partition coefficient (Wildman–Crippen LogP) is 1.92. The van der Waals surface area contributed by atoms with Crippen LogP contribution in [0.2, 0.25) is 0 Å². The number of carboxylic acid groups (broad SMARTS) is 5. The second-order valence-electron chi connectivity index (χ2n) is 12.6. The van der Waals surface area contributed by atoms with E-state index in [2.05, 4.69) is 0 Å². The number of rotatable bonds is 27. The number of benzene rings is 2. The Morgan fingerprint density at radius 3 is 1.64 bits per heavy atom. The van der Waals surface area contributed by atoms with E-state index in [1.165, 1.54) is 4.90 Å². The Morgan fingerprint density at radius 1 is 0.717 bits per heavy atom. The summed E-state index contributed by atoms with van der Waals surface area (Å²) >= 11 is 0. The maximum atomic E-state index is 13.1. The van der Waals surface area contributed by atoms with E-state index < -0.39 is 95.0 Å². The number of phosphoric acid groups is 1. The van der Waals surface area contributed by atoms with E-state index in [-0.39, 0.29) is 26.1 Å². The minimum Gasteiger partial charge on any atom is -0.497 e. The van der Waals surface area contributed by atoms with Gasteiger partial charge in [0, 0.05) is 31.1 Å². The molecule has 0 fully saturated rings. The van der Waals surface area contributed by atoms with Gasteiger partial charge in [-0.25, -0.2) is 4.57 Å². The molecule has 0 saturated carbocycles. The fraction of sp³-hybridized carbons (Fsp3) is 0.500. The van der Waals surface area contributed by atoms with E-state index >= 15 is 0 Å². The minimum atomic E-state index is -4.84. The number of aryl methyl sites for hydroxylation is 1. The standard InChI is InChI=1S/C34H48N3O15P/c1-24-5-7-25(8-6-24)34(2,26-9-11-28(50-3)12-10-26)13-4-16-51-53(48,49)52-23-27(37(21-32(44)45)22-33(46)47)17-35(18-29(38)39)14-15-36(19-30(40)41)20-31(42)43/h5-12,27H,4,13-23H2,1-3H3,(H,38,39)(H,40,41)(H,42,43)(H,44,45)(H,46,47)(H,48,49). The highest BCUT2D eigenvalue weighted by Crippen LogP contribution is 2.44. The lowest BCUT2D eigenvalue weighted by atomic mass is 9.73. The molecular formula is C34H48N3O15P. The molecule has 0 bridgehead atoms.